The van der Waals surface area contributed by atoms with Crippen LogP contribution in [0.2, 0.25) is 0 Å². The minimum absolute atomic E-state index is 0.0135. The minimum Gasteiger partial charge on any atom is -0.396 e. The van der Waals surface area contributed by atoms with E-state index in [4.69, 9.17) is 5.11 Å². The van der Waals surface area contributed by atoms with Gasteiger partial charge in [-0.2, -0.15) is 0 Å². The first-order valence-corrected chi connectivity index (χ1v) is 7.37. The summed E-state index contributed by atoms with van der Waals surface area (Å²) in [5, 5.41) is 14.3. The second kappa shape index (κ2) is 5.63. The van der Waals surface area contributed by atoms with E-state index in [0.29, 0.717) is 19.4 Å². The van der Waals surface area contributed by atoms with Crippen molar-refractivity contribution in [3.05, 3.63) is 0 Å². The van der Waals surface area contributed by atoms with Gasteiger partial charge in [0.2, 0.25) is 5.91 Å². The molecule has 2 aliphatic rings. The van der Waals surface area contributed by atoms with Crippen molar-refractivity contribution < 1.29 is 19.5 Å². The van der Waals surface area contributed by atoms with Gasteiger partial charge in [-0.1, -0.05) is 6.92 Å². The summed E-state index contributed by atoms with van der Waals surface area (Å²) in [6, 6.07) is -0.518. The number of nitrogens with one attached hydrogen (secondary N) is 2. The number of nitrogens with zero attached hydrogens (tertiary/aromatic N) is 1. The third-order valence-corrected chi connectivity index (χ3v) is 4.61. The van der Waals surface area contributed by atoms with Gasteiger partial charge in [-0.25, -0.2) is 4.79 Å². The maximum absolute atomic E-state index is 12.1. The molecule has 0 aromatic heterocycles. The quantitative estimate of drug-likeness (QED) is 0.575. The highest BCUT2D eigenvalue weighted by atomic mass is 16.3. The normalized spacial score (nSPS) is 26.7. The molecule has 7 nitrogen and oxygen atoms in total. The molecule has 21 heavy (non-hydrogen) atoms. The van der Waals surface area contributed by atoms with Gasteiger partial charge in [0, 0.05) is 13.2 Å². The van der Waals surface area contributed by atoms with E-state index in [1.807, 2.05) is 6.92 Å². The van der Waals surface area contributed by atoms with Gasteiger partial charge >= 0.3 is 6.03 Å². The Balaban J connectivity index is 1.86. The lowest BCUT2D eigenvalue weighted by Gasteiger charge is -2.19. The first-order chi connectivity index (χ1) is 9.86. The lowest BCUT2D eigenvalue weighted by molar-refractivity contribution is -0.134. The zero-order valence-corrected chi connectivity index (χ0v) is 12.6. The molecule has 3 N–H and O–H groups in total. The van der Waals surface area contributed by atoms with Gasteiger partial charge in [-0.15, -0.1) is 0 Å². The Labute approximate surface area is 124 Å². The predicted molar refractivity (Wildman–Crippen MR) is 75.3 cm³/mol. The maximum Gasteiger partial charge on any atom is 0.325 e. The number of imide groups is 1. The van der Waals surface area contributed by atoms with Crippen molar-refractivity contribution in [2.45, 2.75) is 45.1 Å². The van der Waals surface area contributed by atoms with Crippen LogP contribution in [0.4, 0.5) is 4.79 Å². The zero-order valence-electron chi connectivity index (χ0n) is 12.6. The number of hydrogen-bond acceptors (Lipinski definition) is 4. The molecule has 1 atom stereocenters. The lowest BCUT2D eigenvalue weighted by Crippen LogP contribution is -2.45. The molecule has 0 bridgehead atoms. The van der Waals surface area contributed by atoms with E-state index >= 15 is 0 Å². The van der Waals surface area contributed by atoms with Crippen molar-refractivity contribution in [3.8, 4) is 0 Å². The van der Waals surface area contributed by atoms with Crippen molar-refractivity contribution in [1.82, 2.24) is 15.5 Å². The van der Waals surface area contributed by atoms with E-state index in [1.54, 1.807) is 6.92 Å². The number of rotatable bonds is 7. The maximum atomic E-state index is 12.1. The van der Waals surface area contributed by atoms with E-state index in [0.717, 1.165) is 17.7 Å². The average molecular weight is 297 g/mol. The molecule has 7 heteroatoms. The summed E-state index contributed by atoms with van der Waals surface area (Å²) >= 11 is 0. The molecule has 0 spiro atoms. The van der Waals surface area contributed by atoms with Crippen LogP contribution >= 0.6 is 0 Å². The summed E-state index contributed by atoms with van der Waals surface area (Å²) in [6.07, 6.45) is 3.13. The highest BCUT2D eigenvalue weighted by molar-refractivity contribution is 6.08. The molecule has 1 aliphatic heterocycles. The topological polar surface area (TPSA) is 98.7 Å². The van der Waals surface area contributed by atoms with Gasteiger partial charge in [-0.05, 0) is 38.0 Å². The van der Waals surface area contributed by atoms with Crippen LogP contribution in [0.25, 0.3) is 0 Å². The van der Waals surface area contributed by atoms with E-state index in [2.05, 4.69) is 10.6 Å². The molecule has 2 rings (SSSR count). The highest BCUT2D eigenvalue weighted by Crippen LogP contribution is 2.47. The van der Waals surface area contributed by atoms with Crippen LogP contribution in [-0.2, 0) is 9.59 Å². The summed E-state index contributed by atoms with van der Waals surface area (Å²) in [5.41, 5.74) is -0.897. The van der Waals surface area contributed by atoms with Crippen LogP contribution in [0.3, 0.4) is 0 Å². The van der Waals surface area contributed by atoms with Crippen LogP contribution < -0.4 is 10.6 Å². The van der Waals surface area contributed by atoms with Crippen LogP contribution in [0.5, 0.6) is 0 Å². The number of carbonyl (C=O) groups excluding carboxylic acids is 3. The molecule has 2 fully saturated rings. The van der Waals surface area contributed by atoms with Gasteiger partial charge in [0.25, 0.3) is 5.91 Å². The van der Waals surface area contributed by atoms with Crippen molar-refractivity contribution in [3.63, 3.8) is 0 Å². The first-order valence-electron chi connectivity index (χ1n) is 7.37. The fraction of sp³-hybridized carbons (Fsp3) is 0.786. The Morgan fingerprint density at radius 1 is 1.43 bits per heavy atom. The molecule has 1 saturated carbocycles. The lowest BCUT2D eigenvalue weighted by atomic mass is 9.99. The van der Waals surface area contributed by atoms with Crippen molar-refractivity contribution in [2.24, 2.45) is 5.41 Å². The third kappa shape index (κ3) is 3.18. The van der Waals surface area contributed by atoms with Gasteiger partial charge in [-0.3, -0.25) is 14.5 Å². The monoisotopic (exact) mass is 297 g/mol. The highest BCUT2D eigenvalue weighted by Gasteiger charge is 2.47. The smallest absolute Gasteiger partial charge is 0.325 e. The number of aliphatic hydroxyl groups excluding tert-OH is 1. The summed E-state index contributed by atoms with van der Waals surface area (Å²) in [5.74, 6) is -0.704. The molecular weight excluding hydrogens is 274 g/mol. The van der Waals surface area contributed by atoms with E-state index in [-0.39, 0.29) is 30.4 Å². The Hall–Kier alpha value is -1.63. The first kappa shape index (κ1) is 15.8. The zero-order chi connectivity index (χ0) is 15.7. The predicted octanol–water partition coefficient (Wildman–Crippen LogP) is -0.0143. The Bertz CT molecular complexity index is 461. The van der Waals surface area contributed by atoms with Crippen molar-refractivity contribution >= 4 is 17.8 Å². The second-order valence-corrected chi connectivity index (χ2v) is 6.26. The largest absolute Gasteiger partial charge is 0.396 e. The van der Waals surface area contributed by atoms with Gasteiger partial charge < -0.3 is 15.7 Å². The van der Waals surface area contributed by atoms with Gasteiger partial charge in [0.15, 0.2) is 0 Å². The van der Waals surface area contributed by atoms with Crippen molar-refractivity contribution in [1.29, 1.82) is 0 Å². The summed E-state index contributed by atoms with van der Waals surface area (Å²) in [7, 11) is 0. The summed E-state index contributed by atoms with van der Waals surface area (Å²) in [6.45, 7) is 3.81. The fourth-order valence-electron chi connectivity index (χ4n) is 2.54. The SMILES string of the molecule is CCC1(C)NC(=O)N(CC(=O)NCC2(CCO)CC2)C1=O. The van der Waals surface area contributed by atoms with Crippen LogP contribution in [0.15, 0.2) is 0 Å². The minimum atomic E-state index is -0.911. The molecule has 0 aromatic rings. The third-order valence-electron chi connectivity index (χ3n) is 4.61. The number of amides is 4. The molecule has 1 saturated heterocycles. The Kier molecular flexibility index (Phi) is 4.22. The van der Waals surface area contributed by atoms with Gasteiger partial charge in [0.1, 0.15) is 12.1 Å². The Morgan fingerprint density at radius 2 is 2.10 bits per heavy atom. The molecule has 0 radical (unpaired) electrons. The van der Waals surface area contributed by atoms with Crippen LogP contribution in [-0.4, -0.2) is 53.1 Å². The average Bonchev–Trinajstić information content (AvgIpc) is 3.17. The number of hydrogen-bond donors (Lipinski definition) is 3. The number of aliphatic hydroxyl groups is 1. The Morgan fingerprint density at radius 3 is 2.57 bits per heavy atom. The van der Waals surface area contributed by atoms with E-state index in [9.17, 15) is 14.4 Å². The van der Waals surface area contributed by atoms with Crippen LogP contribution in [0.1, 0.15) is 39.5 Å². The van der Waals surface area contributed by atoms with E-state index in [1.165, 1.54) is 0 Å². The molecule has 1 heterocycles. The molecular formula is C14H23N3O4. The fourth-order valence-corrected chi connectivity index (χ4v) is 2.54. The molecule has 4 amide bonds. The number of carbonyl (C=O) groups is 3. The van der Waals surface area contributed by atoms with Crippen molar-refractivity contribution in [2.75, 3.05) is 19.7 Å². The van der Waals surface area contributed by atoms with E-state index < -0.39 is 11.6 Å². The molecule has 118 valence electrons. The summed E-state index contributed by atoms with van der Waals surface area (Å²) in [4.78, 5) is 36.8. The van der Waals surface area contributed by atoms with Crippen LogP contribution in [0, 0.1) is 5.41 Å². The molecule has 1 unspecified atom stereocenters. The second-order valence-electron chi connectivity index (χ2n) is 6.26. The number of urea groups is 1. The van der Waals surface area contributed by atoms with Gasteiger partial charge in [0.05, 0.1) is 0 Å². The molecule has 0 aromatic carbocycles. The molecule has 1 aliphatic carbocycles. The summed E-state index contributed by atoms with van der Waals surface area (Å²) < 4.78 is 0. The standard InChI is InChI=1S/C14H23N3O4/c1-3-13(2)11(20)17(12(21)16-13)8-10(19)15-9-14(4-5-14)6-7-18/h18H,3-9H2,1-2H3,(H,15,19)(H,16,21).